The standard InChI is InChI=1S/C15H25NO2/c1-14(13-15-7-4-3-5-8-15)16-9-6-10-18-12-11-17-2/h3-5,7-8,14,16H,6,9-13H2,1-2H3. The average Bonchev–Trinajstić information content (AvgIpc) is 2.39. The van der Waals surface area contributed by atoms with Gasteiger partial charge < -0.3 is 14.8 Å². The van der Waals surface area contributed by atoms with Crippen molar-refractivity contribution in [1.82, 2.24) is 5.32 Å². The van der Waals surface area contributed by atoms with Gasteiger partial charge in [0.15, 0.2) is 0 Å². The molecule has 0 radical (unpaired) electrons. The maximum atomic E-state index is 5.41. The van der Waals surface area contributed by atoms with E-state index >= 15 is 0 Å². The van der Waals surface area contributed by atoms with Crippen molar-refractivity contribution < 1.29 is 9.47 Å². The smallest absolute Gasteiger partial charge is 0.0700 e. The van der Waals surface area contributed by atoms with Gasteiger partial charge in [-0.1, -0.05) is 30.3 Å². The molecule has 1 unspecified atom stereocenters. The largest absolute Gasteiger partial charge is 0.382 e. The van der Waals surface area contributed by atoms with Crippen LogP contribution in [0.3, 0.4) is 0 Å². The first-order chi connectivity index (χ1) is 8.83. The molecular weight excluding hydrogens is 226 g/mol. The first-order valence-electron chi connectivity index (χ1n) is 6.67. The molecule has 0 amide bonds. The zero-order valence-electron chi connectivity index (χ0n) is 11.5. The van der Waals surface area contributed by atoms with Crippen molar-refractivity contribution in [1.29, 1.82) is 0 Å². The van der Waals surface area contributed by atoms with Gasteiger partial charge in [-0.25, -0.2) is 0 Å². The van der Waals surface area contributed by atoms with Crippen LogP contribution in [0.2, 0.25) is 0 Å². The summed E-state index contributed by atoms with van der Waals surface area (Å²) in [6.07, 6.45) is 2.12. The maximum Gasteiger partial charge on any atom is 0.0700 e. The molecule has 1 atom stereocenters. The Kier molecular flexibility index (Phi) is 8.47. The van der Waals surface area contributed by atoms with Gasteiger partial charge >= 0.3 is 0 Å². The summed E-state index contributed by atoms with van der Waals surface area (Å²) in [5, 5.41) is 3.51. The highest BCUT2D eigenvalue weighted by Gasteiger charge is 2.01. The lowest BCUT2D eigenvalue weighted by Crippen LogP contribution is -2.29. The molecule has 1 aromatic carbocycles. The van der Waals surface area contributed by atoms with Crippen LogP contribution in [0, 0.1) is 0 Å². The zero-order chi connectivity index (χ0) is 13.1. The lowest BCUT2D eigenvalue weighted by molar-refractivity contribution is 0.0693. The van der Waals surface area contributed by atoms with Gasteiger partial charge in [0.1, 0.15) is 0 Å². The van der Waals surface area contributed by atoms with Gasteiger partial charge in [0, 0.05) is 19.8 Å². The number of nitrogens with one attached hydrogen (secondary N) is 1. The van der Waals surface area contributed by atoms with Gasteiger partial charge in [0.05, 0.1) is 13.2 Å². The number of rotatable bonds is 10. The fraction of sp³-hybridized carbons (Fsp3) is 0.600. The van der Waals surface area contributed by atoms with Gasteiger partial charge in [-0.05, 0) is 31.9 Å². The molecule has 0 spiro atoms. The molecule has 1 N–H and O–H groups in total. The van der Waals surface area contributed by atoms with Crippen molar-refractivity contribution in [3.05, 3.63) is 35.9 Å². The highest BCUT2D eigenvalue weighted by atomic mass is 16.5. The van der Waals surface area contributed by atoms with E-state index in [0.717, 1.165) is 26.0 Å². The normalized spacial score (nSPS) is 12.6. The van der Waals surface area contributed by atoms with Crippen molar-refractivity contribution in [3.63, 3.8) is 0 Å². The maximum absolute atomic E-state index is 5.41. The molecule has 0 saturated carbocycles. The minimum atomic E-state index is 0.506. The molecule has 3 heteroatoms. The Labute approximate surface area is 110 Å². The highest BCUT2D eigenvalue weighted by Crippen LogP contribution is 2.02. The van der Waals surface area contributed by atoms with Crippen molar-refractivity contribution in [2.75, 3.05) is 33.5 Å². The third kappa shape index (κ3) is 7.43. The van der Waals surface area contributed by atoms with Gasteiger partial charge in [-0.2, -0.15) is 0 Å². The third-order valence-electron chi connectivity index (χ3n) is 2.77. The van der Waals surface area contributed by atoms with Crippen LogP contribution in [0.1, 0.15) is 18.9 Å². The predicted molar refractivity (Wildman–Crippen MR) is 74.9 cm³/mol. The quantitative estimate of drug-likeness (QED) is 0.647. The van der Waals surface area contributed by atoms with E-state index in [9.17, 15) is 0 Å². The average molecular weight is 251 g/mol. The monoisotopic (exact) mass is 251 g/mol. The van der Waals surface area contributed by atoms with Crippen LogP contribution >= 0.6 is 0 Å². The van der Waals surface area contributed by atoms with E-state index in [1.165, 1.54) is 5.56 Å². The molecule has 0 fully saturated rings. The molecule has 0 aliphatic heterocycles. The summed E-state index contributed by atoms with van der Waals surface area (Å²) in [5.74, 6) is 0. The van der Waals surface area contributed by atoms with E-state index in [0.29, 0.717) is 19.3 Å². The number of methoxy groups -OCH3 is 1. The van der Waals surface area contributed by atoms with E-state index in [4.69, 9.17) is 9.47 Å². The minimum Gasteiger partial charge on any atom is -0.382 e. The number of ether oxygens (including phenoxy) is 2. The van der Waals surface area contributed by atoms with Gasteiger partial charge in [0.2, 0.25) is 0 Å². The Morgan fingerprint density at radius 3 is 2.61 bits per heavy atom. The highest BCUT2D eigenvalue weighted by molar-refractivity contribution is 5.15. The van der Waals surface area contributed by atoms with Crippen LogP contribution in [0.5, 0.6) is 0 Å². The van der Waals surface area contributed by atoms with Gasteiger partial charge in [0.25, 0.3) is 0 Å². The summed E-state index contributed by atoms with van der Waals surface area (Å²) >= 11 is 0. The summed E-state index contributed by atoms with van der Waals surface area (Å²) in [5.41, 5.74) is 1.38. The lowest BCUT2D eigenvalue weighted by Gasteiger charge is -2.13. The van der Waals surface area contributed by atoms with Crippen LogP contribution in [-0.2, 0) is 15.9 Å². The molecular formula is C15H25NO2. The Hall–Kier alpha value is -0.900. The molecule has 0 aliphatic carbocycles. The molecule has 0 aromatic heterocycles. The van der Waals surface area contributed by atoms with E-state index in [2.05, 4.69) is 42.6 Å². The SMILES string of the molecule is COCCOCCCNC(C)Cc1ccccc1. The molecule has 0 saturated heterocycles. The van der Waals surface area contributed by atoms with Crippen molar-refractivity contribution in [2.45, 2.75) is 25.8 Å². The fourth-order valence-corrected chi connectivity index (χ4v) is 1.81. The van der Waals surface area contributed by atoms with Crippen LogP contribution in [0.4, 0.5) is 0 Å². The minimum absolute atomic E-state index is 0.506. The van der Waals surface area contributed by atoms with E-state index in [1.807, 2.05) is 0 Å². The predicted octanol–water partition coefficient (Wildman–Crippen LogP) is 2.26. The second-order valence-electron chi connectivity index (χ2n) is 4.50. The van der Waals surface area contributed by atoms with E-state index in [-0.39, 0.29) is 0 Å². The molecule has 1 aromatic rings. The Morgan fingerprint density at radius 2 is 1.89 bits per heavy atom. The molecule has 0 heterocycles. The van der Waals surface area contributed by atoms with Crippen LogP contribution in [0.15, 0.2) is 30.3 Å². The molecule has 0 bridgehead atoms. The summed E-state index contributed by atoms with van der Waals surface area (Å²) in [6.45, 7) is 5.39. The van der Waals surface area contributed by atoms with Crippen LogP contribution in [0.25, 0.3) is 0 Å². The number of hydrogen-bond acceptors (Lipinski definition) is 3. The van der Waals surface area contributed by atoms with Crippen LogP contribution < -0.4 is 5.32 Å². The topological polar surface area (TPSA) is 30.5 Å². The first kappa shape index (κ1) is 15.2. The Balaban J connectivity index is 1.99. The van der Waals surface area contributed by atoms with Crippen LogP contribution in [-0.4, -0.2) is 39.5 Å². The van der Waals surface area contributed by atoms with Crippen molar-refractivity contribution in [3.8, 4) is 0 Å². The molecule has 1 rings (SSSR count). The number of hydrogen-bond donors (Lipinski definition) is 1. The fourth-order valence-electron chi connectivity index (χ4n) is 1.81. The van der Waals surface area contributed by atoms with Crippen molar-refractivity contribution >= 4 is 0 Å². The molecule has 18 heavy (non-hydrogen) atoms. The molecule has 102 valence electrons. The third-order valence-corrected chi connectivity index (χ3v) is 2.77. The first-order valence-corrected chi connectivity index (χ1v) is 6.67. The molecule has 3 nitrogen and oxygen atoms in total. The van der Waals surface area contributed by atoms with E-state index in [1.54, 1.807) is 7.11 Å². The molecule has 0 aliphatic rings. The lowest BCUT2D eigenvalue weighted by atomic mass is 10.1. The summed E-state index contributed by atoms with van der Waals surface area (Å²) in [7, 11) is 1.69. The van der Waals surface area contributed by atoms with Crippen molar-refractivity contribution in [2.24, 2.45) is 0 Å². The van der Waals surface area contributed by atoms with Gasteiger partial charge in [-0.15, -0.1) is 0 Å². The van der Waals surface area contributed by atoms with Gasteiger partial charge in [-0.3, -0.25) is 0 Å². The zero-order valence-corrected chi connectivity index (χ0v) is 11.5. The second kappa shape index (κ2) is 10.1. The second-order valence-corrected chi connectivity index (χ2v) is 4.50. The van der Waals surface area contributed by atoms with E-state index < -0.39 is 0 Å². The Bertz CT molecular complexity index is 290. The Morgan fingerprint density at radius 1 is 1.11 bits per heavy atom. The summed E-state index contributed by atoms with van der Waals surface area (Å²) < 4.78 is 10.3. The summed E-state index contributed by atoms with van der Waals surface area (Å²) in [6, 6.07) is 11.1. The summed E-state index contributed by atoms with van der Waals surface area (Å²) in [4.78, 5) is 0. The number of benzene rings is 1.